The molecule has 0 aliphatic rings. The number of carbonyl (C=O) groups excluding carboxylic acids is 1. The summed E-state index contributed by atoms with van der Waals surface area (Å²) >= 11 is 1.36. The van der Waals surface area contributed by atoms with E-state index in [-0.39, 0.29) is 11.7 Å². The van der Waals surface area contributed by atoms with E-state index in [0.29, 0.717) is 47.0 Å². The van der Waals surface area contributed by atoms with Crippen LogP contribution < -0.4 is 29.6 Å². The molecule has 0 fully saturated rings. The topological polar surface area (TPSA) is 80.9 Å². The van der Waals surface area contributed by atoms with Crippen molar-refractivity contribution in [3.8, 4) is 28.4 Å². The number of nitrogens with one attached hydrogen (secondary N) is 3. The van der Waals surface area contributed by atoms with E-state index >= 15 is 0 Å². The van der Waals surface area contributed by atoms with Gasteiger partial charge in [0.25, 0.3) is 5.91 Å². The largest absolute Gasteiger partial charge is 0.497 e. The van der Waals surface area contributed by atoms with Gasteiger partial charge in [-0.25, -0.2) is 4.39 Å². The van der Waals surface area contributed by atoms with Gasteiger partial charge in [-0.15, -0.1) is 0 Å². The van der Waals surface area contributed by atoms with Crippen molar-refractivity contribution >= 4 is 29.2 Å². The van der Waals surface area contributed by atoms with Crippen LogP contribution in [0.4, 0.5) is 15.8 Å². The second kappa shape index (κ2) is 13.4. The van der Waals surface area contributed by atoms with E-state index in [4.69, 9.17) is 14.2 Å². The molecule has 0 saturated carbocycles. The molecule has 39 heavy (non-hydrogen) atoms. The van der Waals surface area contributed by atoms with Crippen LogP contribution in [-0.2, 0) is 0 Å². The lowest BCUT2D eigenvalue weighted by Gasteiger charge is -2.14. The lowest BCUT2D eigenvalue weighted by molar-refractivity contribution is 0.0955. The molecular weight excluding hydrogens is 517 g/mol. The molecule has 1 amide bonds. The Morgan fingerprint density at radius 1 is 0.795 bits per heavy atom. The molecule has 0 atom stereocenters. The molecule has 4 aromatic carbocycles. The Morgan fingerprint density at radius 3 is 2.36 bits per heavy atom. The lowest BCUT2D eigenvalue weighted by atomic mass is 10.0. The zero-order chi connectivity index (χ0) is 27.6. The smallest absolute Gasteiger partial charge is 0.251 e. The molecule has 9 heteroatoms. The van der Waals surface area contributed by atoms with Crippen molar-refractivity contribution < 1.29 is 23.4 Å². The maximum Gasteiger partial charge on any atom is 0.251 e. The van der Waals surface area contributed by atoms with Crippen molar-refractivity contribution in [2.45, 2.75) is 4.90 Å². The molecule has 202 valence electrons. The fraction of sp³-hybridized carbons (Fsp3) is 0.167. The summed E-state index contributed by atoms with van der Waals surface area (Å²) in [7, 11) is 4.69. The standard InChI is InChI=1S/C30H30FN3O4S/c1-36-24-10-4-7-21(17-24)30(35)33-16-15-32-22-8-5-9-23(19-22)34-39-28-18-20(13-14-26(28)37-2)29-25(31)11-6-12-27(29)38-3/h4-14,17-19,32,34H,15-16H2,1-3H3,(H,33,35). The molecule has 0 radical (unpaired) electrons. The Labute approximate surface area is 231 Å². The minimum absolute atomic E-state index is 0.160. The molecule has 0 saturated heterocycles. The molecule has 0 unspecified atom stereocenters. The van der Waals surface area contributed by atoms with Crippen LogP contribution in [0.3, 0.4) is 0 Å². The normalized spacial score (nSPS) is 10.5. The first-order valence-corrected chi connectivity index (χ1v) is 13.0. The van der Waals surface area contributed by atoms with Crippen molar-refractivity contribution in [2.24, 2.45) is 0 Å². The molecule has 0 bridgehead atoms. The Balaban J connectivity index is 1.36. The van der Waals surface area contributed by atoms with Crippen molar-refractivity contribution in [2.75, 3.05) is 44.5 Å². The van der Waals surface area contributed by atoms with Gasteiger partial charge in [-0.05, 0) is 78.2 Å². The van der Waals surface area contributed by atoms with E-state index in [1.165, 1.54) is 25.1 Å². The van der Waals surface area contributed by atoms with E-state index in [1.54, 1.807) is 56.7 Å². The summed E-state index contributed by atoms with van der Waals surface area (Å²) in [5.74, 6) is 1.24. The van der Waals surface area contributed by atoms with Crippen LogP contribution in [0, 0.1) is 5.82 Å². The zero-order valence-corrected chi connectivity index (χ0v) is 22.7. The average Bonchev–Trinajstić information content (AvgIpc) is 2.98. The van der Waals surface area contributed by atoms with Gasteiger partial charge >= 0.3 is 0 Å². The fourth-order valence-electron chi connectivity index (χ4n) is 3.92. The number of ether oxygens (including phenoxy) is 3. The number of halogens is 1. The van der Waals surface area contributed by atoms with Crippen LogP contribution in [-0.4, -0.2) is 40.3 Å². The zero-order valence-electron chi connectivity index (χ0n) is 21.9. The number of rotatable bonds is 12. The molecule has 7 nitrogen and oxygen atoms in total. The summed E-state index contributed by atoms with van der Waals surface area (Å²) in [6, 6.07) is 25.1. The summed E-state index contributed by atoms with van der Waals surface area (Å²) in [5, 5.41) is 6.21. The monoisotopic (exact) mass is 547 g/mol. The minimum atomic E-state index is -0.359. The summed E-state index contributed by atoms with van der Waals surface area (Å²) in [6.07, 6.45) is 0. The van der Waals surface area contributed by atoms with Gasteiger partial charge in [0, 0.05) is 30.0 Å². The molecule has 0 spiro atoms. The highest BCUT2D eigenvalue weighted by atomic mass is 32.2. The number of carbonyl (C=O) groups is 1. The quantitative estimate of drug-likeness (QED) is 0.138. The first-order chi connectivity index (χ1) is 19.0. The average molecular weight is 548 g/mol. The highest BCUT2D eigenvalue weighted by Crippen LogP contribution is 2.38. The maximum atomic E-state index is 14.7. The molecule has 3 N–H and O–H groups in total. The van der Waals surface area contributed by atoms with Crippen LogP contribution in [0.2, 0.25) is 0 Å². The van der Waals surface area contributed by atoms with Gasteiger partial charge in [0.15, 0.2) is 0 Å². The van der Waals surface area contributed by atoms with Crippen LogP contribution in [0.5, 0.6) is 17.2 Å². The van der Waals surface area contributed by atoms with Crippen LogP contribution >= 0.6 is 11.9 Å². The SMILES string of the molecule is COc1cccc(C(=O)NCCNc2cccc(NSc3cc(-c4c(F)cccc4OC)ccc3OC)c2)c1. The predicted octanol–water partition coefficient (Wildman–Crippen LogP) is 6.48. The Hall–Kier alpha value is -4.37. The van der Waals surface area contributed by atoms with E-state index in [0.717, 1.165) is 16.3 Å². The van der Waals surface area contributed by atoms with Crippen LogP contribution in [0.25, 0.3) is 11.1 Å². The summed E-state index contributed by atoms with van der Waals surface area (Å²) in [5.41, 5.74) is 3.38. The molecule has 0 aliphatic carbocycles. The number of hydrogen-bond acceptors (Lipinski definition) is 7. The van der Waals surface area contributed by atoms with Crippen molar-refractivity contribution in [1.82, 2.24) is 5.32 Å². The van der Waals surface area contributed by atoms with Crippen LogP contribution in [0.1, 0.15) is 10.4 Å². The molecule has 0 aliphatic heterocycles. The van der Waals surface area contributed by atoms with Crippen LogP contribution in [0.15, 0.2) is 89.8 Å². The first kappa shape index (κ1) is 27.7. The van der Waals surface area contributed by atoms with Crippen molar-refractivity contribution in [3.63, 3.8) is 0 Å². The summed E-state index contributed by atoms with van der Waals surface area (Å²) < 4.78 is 34.1. The van der Waals surface area contributed by atoms with Gasteiger partial charge in [0.1, 0.15) is 23.1 Å². The number of anilines is 2. The van der Waals surface area contributed by atoms with Crippen molar-refractivity contribution in [1.29, 1.82) is 0 Å². The van der Waals surface area contributed by atoms with E-state index in [1.807, 2.05) is 36.4 Å². The van der Waals surface area contributed by atoms with Gasteiger partial charge in [-0.1, -0.05) is 24.3 Å². The fourth-order valence-corrected chi connectivity index (χ4v) is 4.71. The Bertz CT molecular complexity index is 1430. The summed E-state index contributed by atoms with van der Waals surface area (Å²) in [4.78, 5) is 13.2. The van der Waals surface area contributed by atoms with E-state index in [2.05, 4.69) is 15.4 Å². The Kier molecular flexibility index (Phi) is 9.53. The van der Waals surface area contributed by atoms with E-state index in [9.17, 15) is 9.18 Å². The minimum Gasteiger partial charge on any atom is -0.497 e. The number of amides is 1. The molecule has 4 aromatic rings. The second-order valence-electron chi connectivity index (χ2n) is 8.38. The second-order valence-corrected chi connectivity index (χ2v) is 9.23. The van der Waals surface area contributed by atoms with Crippen molar-refractivity contribution in [3.05, 3.63) is 96.3 Å². The molecular formula is C30H30FN3O4S. The third-order valence-electron chi connectivity index (χ3n) is 5.86. The highest BCUT2D eigenvalue weighted by Gasteiger charge is 2.15. The molecule has 0 aromatic heterocycles. The highest BCUT2D eigenvalue weighted by molar-refractivity contribution is 8.00. The van der Waals surface area contributed by atoms with E-state index < -0.39 is 0 Å². The summed E-state index contributed by atoms with van der Waals surface area (Å²) in [6.45, 7) is 0.999. The maximum absolute atomic E-state index is 14.7. The molecule has 4 rings (SSSR count). The van der Waals surface area contributed by atoms with Gasteiger partial charge in [-0.2, -0.15) is 0 Å². The number of benzene rings is 4. The number of hydrogen-bond donors (Lipinski definition) is 3. The lowest BCUT2D eigenvalue weighted by Crippen LogP contribution is -2.28. The van der Waals surface area contributed by atoms with Gasteiger partial charge < -0.3 is 29.6 Å². The third-order valence-corrected chi connectivity index (χ3v) is 6.74. The first-order valence-electron chi connectivity index (χ1n) is 12.2. The van der Waals surface area contributed by atoms with Gasteiger partial charge in [0.2, 0.25) is 0 Å². The number of methoxy groups -OCH3 is 3. The van der Waals surface area contributed by atoms with Gasteiger partial charge in [-0.3, -0.25) is 4.79 Å². The third kappa shape index (κ3) is 7.14. The van der Waals surface area contributed by atoms with Gasteiger partial charge in [0.05, 0.1) is 31.8 Å². The molecule has 0 heterocycles. The Morgan fingerprint density at radius 2 is 1.56 bits per heavy atom. The predicted molar refractivity (Wildman–Crippen MR) is 155 cm³/mol.